The van der Waals surface area contributed by atoms with Crippen LogP contribution >= 0.6 is 24.4 Å². The number of carbonyl (C=O) groups excluding carboxylic acids is 3. The molecule has 0 aromatic heterocycles. The molecule has 57 heavy (non-hydrogen) atoms. The molecule has 4 fully saturated rings. The number of hydroxylamine groups is 4. The van der Waals surface area contributed by atoms with Crippen LogP contribution < -0.4 is 19.6 Å². The fraction of sp³-hybridized carbons (Fsp3) is 0.528. The van der Waals surface area contributed by atoms with E-state index in [1.807, 2.05) is 0 Å². The number of anilines is 4. The van der Waals surface area contributed by atoms with Crippen LogP contribution in [0.3, 0.4) is 0 Å². The summed E-state index contributed by atoms with van der Waals surface area (Å²) in [6.45, 7) is -0.332. The van der Waals surface area contributed by atoms with Gasteiger partial charge in [0.2, 0.25) is 0 Å². The molecule has 4 amide bonds. The summed E-state index contributed by atoms with van der Waals surface area (Å²) in [4.78, 5) is 54.8. The maximum atomic E-state index is 15.5. The number of methoxy groups -OCH3 is 2. The molecule has 2 aromatic carbocycles. The van der Waals surface area contributed by atoms with Crippen LogP contribution in [0.5, 0.6) is 0 Å². The molecule has 0 bridgehead atoms. The minimum atomic E-state index is -0.923. The van der Waals surface area contributed by atoms with Gasteiger partial charge in [-0.1, -0.05) is 7.43 Å². The zero-order valence-electron chi connectivity index (χ0n) is 30.5. The lowest BCUT2D eigenvalue weighted by molar-refractivity contribution is -0.169. The monoisotopic (exact) mass is 844 g/mol. The molecular formula is C36H44F4N6O9S2. The standard InChI is InChI=1S/C35H40F4N6O9S2.CH4/c1-49-29(55)5-3-23-19-42(34(47)53-23)21-15-25(36)31(26(37)16-21)40-7-9-44(51-13-11-40)33(46)45-10-8-41(12-14-52-45)32-27(38)17-22(18-28(32)39)43-20-24(54-35(43)48)4-6-30(56)50-2;/h15-18,23-24H,3-14,19-20H2,1-2H3;1H4/t23-,24-;/m0./s1. The maximum absolute atomic E-state index is 15.5. The first-order valence-corrected chi connectivity index (χ1v) is 18.6. The van der Waals surface area contributed by atoms with Crippen LogP contribution in [-0.4, -0.2) is 130 Å². The van der Waals surface area contributed by atoms with Gasteiger partial charge in [0.15, 0.2) is 33.4 Å². The zero-order valence-corrected chi connectivity index (χ0v) is 32.2. The molecule has 4 aliphatic heterocycles. The van der Waals surface area contributed by atoms with E-state index in [2.05, 4.69) is 0 Å². The second-order valence-corrected chi connectivity index (χ2v) is 14.0. The highest BCUT2D eigenvalue weighted by atomic mass is 32.1. The molecule has 0 unspecified atom stereocenters. The number of halogens is 4. The predicted molar refractivity (Wildman–Crippen MR) is 207 cm³/mol. The molecule has 0 radical (unpaired) electrons. The number of thiocarbonyl (C=S) groups is 2. The molecule has 21 heteroatoms. The molecule has 6 rings (SSSR count). The molecule has 2 aromatic rings. The normalized spacial score (nSPS) is 20.1. The van der Waals surface area contributed by atoms with Gasteiger partial charge in [0, 0.05) is 63.3 Å². The van der Waals surface area contributed by atoms with Crippen LogP contribution in [0.2, 0.25) is 0 Å². The zero-order chi connectivity index (χ0) is 40.1. The number of urea groups is 1. The van der Waals surface area contributed by atoms with E-state index in [1.165, 1.54) is 24.0 Å². The highest BCUT2D eigenvalue weighted by Gasteiger charge is 2.36. The highest BCUT2D eigenvalue weighted by Crippen LogP contribution is 2.34. The van der Waals surface area contributed by atoms with Crippen LogP contribution in [0.25, 0.3) is 0 Å². The van der Waals surface area contributed by atoms with Crippen LogP contribution in [0, 0.1) is 23.3 Å². The van der Waals surface area contributed by atoms with Crippen molar-refractivity contribution in [1.29, 1.82) is 0 Å². The molecule has 4 heterocycles. The Labute approximate surface area is 337 Å². The SMILES string of the molecule is C.COC(=S)CC[C@H]1CN(c2cc(F)c(N3CCON(C(=O)N4CCN(c5c(F)cc(N6C[C@H](CCC(=S)OC)OC6=O)cc5F)CCO4)CC3)c(F)c2)C(=O)O1. The summed E-state index contributed by atoms with van der Waals surface area (Å²) >= 11 is 10.1. The number of hydrogen-bond donors (Lipinski definition) is 0. The van der Waals surface area contributed by atoms with Crippen molar-refractivity contribution in [2.45, 2.75) is 45.3 Å². The highest BCUT2D eigenvalue weighted by molar-refractivity contribution is 7.80. The molecule has 15 nitrogen and oxygen atoms in total. The number of nitrogens with zero attached hydrogens (tertiary/aromatic N) is 6. The van der Waals surface area contributed by atoms with Crippen molar-refractivity contribution in [1.82, 2.24) is 10.1 Å². The molecule has 0 spiro atoms. The Bertz CT molecular complexity index is 1680. The summed E-state index contributed by atoms with van der Waals surface area (Å²) in [5, 5.41) is 2.70. The minimum absolute atomic E-state index is 0. The van der Waals surface area contributed by atoms with Gasteiger partial charge in [0.1, 0.15) is 23.6 Å². The molecule has 0 aliphatic carbocycles. The van der Waals surface area contributed by atoms with Gasteiger partial charge in [-0.15, -0.1) is 0 Å². The third kappa shape index (κ3) is 10.1. The number of carbonyl (C=O) groups is 3. The number of ether oxygens (including phenoxy) is 4. The second kappa shape index (κ2) is 19.1. The Morgan fingerprint density at radius 2 is 1.04 bits per heavy atom. The Balaban J connectivity index is 0.00000620. The fourth-order valence-corrected chi connectivity index (χ4v) is 6.95. The summed E-state index contributed by atoms with van der Waals surface area (Å²) in [7, 11) is 2.89. The molecule has 312 valence electrons. The third-order valence-electron chi connectivity index (χ3n) is 9.59. The summed E-state index contributed by atoms with van der Waals surface area (Å²) in [5.74, 6) is -3.69. The van der Waals surface area contributed by atoms with Crippen LogP contribution in [0.1, 0.15) is 33.1 Å². The number of rotatable bonds is 10. The summed E-state index contributed by atoms with van der Waals surface area (Å²) < 4.78 is 82.6. The molecule has 0 saturated carbocycles. The average molecular weight is 845 g/mol. The molecule has 4 aliphatic rings. The Kier molecular flexibility index (Phi) is 14.6. The smallest absolute Gasteiger partial charge is 0.414 e. The van der Waals surface area contributed by atoms with Gasteiger partial charge in [-0.3, -0.25) is 19.5 Å². The van der Waals surface area contributed by atoms with Crippen molar-refractivity contribution in [3.63, 3.8) is 0 Å². The summed E-state index contributed by atoms with van der Waals surface area (Å²) in [6, 6.07) is 3.46. The maximum Gasteiger partial charge on any atom is 0.414 e. The number of cyclic esters (lactones) is 2. The van der Waals surface area contributed by atoms with E-state index in [1.54, 1.807) is 0 Å². The van der Waals surface area contributed by atoms with Gasteiger partial charge in [-0.05, 0) is 37.3 Å². The van der Waals surface area contributed by atoms with Gasteiger partial charge in [0.05, 0.1) is 65.0 Å². The van der Waals surface area contributed by atoms with Crippen molar-refractivity contribution in [2.75, 3.05) is 99.4 Å². The van der Waals surface area contributed by atoms with Crippen molar-refractivity contribution in [3.8, 4) is 0 Å². The van der Waals surface area contributed by atoms with E-state index < -0.39 is 53.7 Å². The van der Waals surface area contributed by atoms with Gasteiger partial charge in [-0.25, -0.2) is 31.9 Å². The largest absolute Gasteiger partial charge is 0.490 e. The van der Waals surface area contributed by atoms with Crippen LogP contribution in [0.4, 0.5) is 54.7 Å². The van der Waals surface area contributed by atoms with Gasteiger partial charge in [0.25, 0.3) is 0 Å². The van der Waals surface area contributed by atoms with Gasteiger partial charge < -0.3 is 28.7 Å². The van der Waals surface area contributed by atoms with Crippen molar-refractivity contribution in [3.05, 3.63) is 47.5 Å². The van der Waals surface area contributed by atoms with Gasteiger partial charge >= 0.3 is 18.2 Å². The third-order valence-corrected chi connectivity index (χ3v) is 10.3. The topological polar surface area (TPSA) is 126 Å². The molecule has 0 N–H and O–H groups in total. The molecular weight excluding hydrogens is 801 g/mol. The molecule has 2 atom stereocenters. The van der Waals surface area contributed by atoms with E-state index in [9.17, 15) is 14.4 Å². The van der Waals surface area contributed by atoms with Crippen molar-refractivity contribution < 1.29 is 60.6 Å². The average Bonchev–Trinajstić information content (AvgIpc) is 3.50. The molecule has 4 saturated heterocycles. The Morgan fingerprint density at radius 1 is 0.667 bits per heavy atom. The fourth-order valence-electron chi connectivity index (χ4n) is 6.72. The Hall–Kier alpha value is -4.73. The quantitative estimate of drug-likeness (QED) is 0.206. The van der Waals surface area contributed by atoms with E-state index in [-0.39, 0.29) is 95.7 Å². The number of hydrogen-bond acceptors (Lipinski definition) is 13. The van der Waals surface area contributed by atoms with E-state index in [0.717, 1.165) is 44.2 Å². The minimum Gasteiger partial charge on any atom is -0.490 e. The lowest BCUT2D eigenvalue weighted by atomic mass is 10.2. The summed E-state index contributed by atoms with van der Waals surface area (Å²) in [6.07, 6.45) is -1.02. The van der Waals surface area contributed by atoms with E-state index >= 15 is 17.6 Å². The van der Waals surface area contributed by atoms with Crippen molar-refractivity contribution in [2.24, 2.45) is 0 Å². The predicted octanol–water partition coefficient (Wildman–Crippen LogP) is 5.96. The lowest BCUT2D eigenvalue weighted by Crippen LogP contribution is -2.45. The Morgan fingerprint density at radius 3 is 1.39 bits per heavy atom. The first-order chi connectivity index (χ1) is 26.9. The van der Waals surface area contributed by atoms with E-state index in [0.29, 0.717) is 35.8 Å². The number of benzene rings is 2. The first-order valence-electron chi connectivity index (χ1n) is 17.8. The number of amides is 4. The van der Waals surface area contributed by atoms with Crippen LogP contribution in [-0.2, 0) is 28.6 Å². The first kappa shape index (κ1) is 43.4. The lowest BCUT2D eigenvalue weighted by Gasteiger charge is -2.27. The van der Waals surface area contributed by atoms with Gasteiger partial charge in [-0.2, -0.15) is 10.1 Å². The van der Waals surface area contributed by atoms with Crippen molar-refractivity contribution >= 4 is 75.5 Å². The van der Waals surface area contributed by atoms with E-state index in [4.69, 9.17) is 53.1 Å². The summed E-state index contributed by atoms with van der Waals surface area (Å²) in [5.41, 5.74) is -0.736. The second-order valence-electron chi connectivity index (χ2n) is 13.1. The van der Waals surface area contributed by atoms with Crippen LogP contribution in [0.15, 0.2) is 24.3 Å².